The van der Waals surface area contributed by atoms with E-state index in [1.807, 2.05) is 7.05 Å². The third-order valence-corrected chi connectivity index (χ3v) is 1.76. The molecule has 3 heteroatoms. The van der Waals surface area contributed by atoms with Crippen LogP contribution < -0.4 is 5.32 Å². The predicted octanol–water partition coefficient (Wildman–Crippen LogP) is 2.13. The first kappa shape index (κ1) is 13.7. The minimum Gasteiger partial charge on any atom is -0.478 e. The molecule has 0 saturated heterocycles. The van der Waals surface area contributed by atoms with Crippen molar-refractivity contribution < 1.29 is 9.90 Å². The van der Waals surface area contributed by atoms with Crippen molar-refractivity contribution in [2.75, 3.05) is 13.6 Å². The minimum absolute atomic E-state index is 0.891. The number of rotatable bonds is 3. The number of carboxylic acids is 1. The van der Waals surface area contributed by atoms with E-state index in [4.69, 9.17) is 5.11 Å². The molecule has 0 radical (unpaired) electrons. The van der Waals surface area contributed by atoms with Crippen LogP contribution in [0, 0.1) is 0 Å². The van der Waals surface area contributed by atoms with E-state index in [1.54, 1.807) is 6.92 Å². The summed E-state index contributed by atoms with van der Waals surface area (Å²) in [4.78, 5) is 9.51. The van der Waals surface area contributed by atoms with Crippen LogP contribution in [0.15, 0.2) is 36.0 Å². The van der Waals surface area contributed by atoms with Gasteiger partial charge in [0.05, 0.1) is 0 Å². The Labute approximate surface area is 91.2 Å². The number of hydrogen-bond donors (Lipinski definition) is 2. The highest BCUT2D eigenvalue weighted by atomic mass is 16.4. The first-order valence-electron chi connectivity index (χ1n) is 5.06. The van der Waals surface area contributed by atoms with Crippen molar-refractivity contribution in [2.24, 2.45) is 0 Å². The van der Waals surface area contributed by atoms with Gasteiger partial charge in [-0.05, 0) is 32.4 Å². The molecule has 1 rings (SSSR count). The SMILES string of the molecule is C/C=C/C(=O)O.CNCC1=CCCC=C1. The normalized spacial score (nSPS) is 14.4. The fourth-order valence-electron chi connectivity index (χ4n) is 1.15. The predicted molar refractivity (Wildman–Crippen MR) is 62.8 cm³/mol. The van der Waals surface area contributed by atoms with Gasteiger partial charge in [0.15, 0.2) is 0 Å². The molecular weight excluding hydrogens is 190 g/mol. The lowest BCUT2D eigenvalue weighted by molar-refractivity contribution is -0.131. The van der Waals surface area contributed by atoms with Gasteiger partial charge in [-0.25, -0.2) is 4.79 Å². The van der Waals surface area contributed by atoms with E-state index < -0.39 is 5.97 Å². The summed E-state index contributed by atoms with van der Waals surface area (Å²) in [6, 6.07) is 0. The summed E-state index contributed by atoms with van der Waals surface area (Å²) in [7, 11) is 1.98. The highest BCUT2D eigenvalue weighted by Gasteiger charge is 1.93. The molecule has 0 saturated carbocycles. The van der Waals surface area contributed by atoms with Crippen LogP contribution in [0.1, 0.15) is 19.8 Å². The number of aliphatic carboxylic acids is 1. The van der Waals surface area contributed by atoms with Gasteiger partial charge < -0.3 is 10.4 Å². The first-order valence-corrected chi connectivity index (χ1v) is 5.06. The van der Waals surface area contributed by atoms with Gasteiger partial charge in [-0.1, -0.05) is 24.3 Å². The maximum atomic E-state index is 9.51. The van der Waals surface area contributed by atoms with E-state index >= 15 is 0 Å². The molecule has 0 heterocycles. The molecule has 0 aliphatic heterocycles. The second kappa shape index (κ2) is 9.21. The Kier molecular flexibility index (Phi) is 8.39. The second-order valence-corrected chi connectivity index (χ2v) is 3.13. The topological polar surface area (TPSA) is 49.3 Å². The maximum Gasteiger partial charge on any atom is 0.327 e. The van der Waals surface area contributed by atoms with Crippen molar-refractivity contribution in [3.05, 3.63) is 36.0 Å². The quantitative estimate of drug-likeness (QED) is 0.700. The van der Waals surface area contributed by atoms with Crippen molar-refractivity contribution in [1.29, 1.82) is 0 Å². The average molecular weight is 209 g/mol. The fraction of sp³-hybridized carbons (Fsp3) is 0.417. The summed E-state index contributed by atoms with van der Waals surface area (Å²) < 4.78 is 0. The van der Waals surface area contributed by atoms with Crippen LogP contribution in [0.5, 0.6) is 0 Å². The minimum atomic E-state index is -0.891. The van der Waals surface area contributed by atoms with E-state index in [9.17, 15) is 4.79 Å². The van der Waals surface area contributed by atoms with Crippen LogP contribution in [0.25, 0.3) is 0 Å². The summed E-state index contributed by atoms with van der Waals surface area (Å²) in [5.74, 6) is -0.891. The lowest BCUT2D eigenvalue weighted by atomic mass is 10.1. The number of allylic oxidation sites excluding steroid dienone is 3. The largest absolute Gasteiger partial charge is 0.478 e. The Bertz CT molecular complexity index is 265. The Hall–Kier alpha value is -1.35. The van der Waals surface area contributed by atoms with E-state index in [1.165, 1.54) is 24.5 Å². The third-order valence-electron chi connectivity index (χ3n) is 1.76. The molecule has 2 N–H and O–H groups in total. The molecule has 15 heavy (non-hydrogen) atoms. The zero-order valence-corrected chi connectivity index (χ0v) is 9.36. The molecule has 0 aromatic heterocycles. The van der Waals surface area contributed by atoms with Gasteiger partial charge in [-0.3, -0.25) is 0 Å². The van der Waals surface area contributed by atoms with Gasteiger partial charge in [-0.2, -0.15) is 0 Å². The molecule has 0 atom stereocenters. The zero-order valence-electron chi connectivity index (χ0n) is 9.36. The Balaban J connectivity index is 0.000000288. The summed E-state index contributed by atoms with van der Waals surface area (Å²) in [6.45, 7) is 2.67. The summed E-state index contributed by atoms with van der Waals surface area (Å²) in [5.41, 5.74) is 1.42. The third kappa shape index (κ3) is 8.97. The van der Waals surface area contributed by atoms with Crippen molar-refractivity contribution >= 4 is 5.97 Å². The van der Waals surface area contributed by atoms with Crippen LogP contribution in [0.4, 0.5) is 0 Å². The van der Waals surface area contributed by atoms with Crippen LogP contribution in [0.2, 0.25) is 0 Å². The summed E-state index contributed by atoms with van der Waals surface area (Å²) >= 11 is 0. The lowest BCUT2D eigenvalue weighted by Crippen LogP contribution is -2.09. The van der Waals surface area contributed by atoms with Crippen LogP contribution in [0.3, 0.4) is 0 Å². The molecule has 0 amide bonds. The summed E-state index contributed by atoms with van der Waals surface area (Å²) in [5, 5.41) is 10.9. The van der Waals surface area contributed by atoms with Gasteiger partial charge in [0.1, 0.15) is 0 Å². The number of likely N-dealkylation sites (N-methyl/N-ethyl adjacent to an activating group) is 1. The Morgan fingerprint density at radius 1 is 1.60 bits per heavy atom. The van der Waals surface area contributed by atoms with Gasteiger partial charge >= 0.3 is 5.97 Å². The van der Waals surface area contributed by atoms with Gasteiger partial charge in [0, 0.05) is 12.6 Å². The summed E-state index contributed by atoms with van der Waals surface area (Å²) in [6.07, 6.45) is 11.7. The maximum absolute atomic E-state index is 9.51. The lowest BCUT2D eigenvalue weighted by Gasteiger charge is -2.04. The van der Waals surface area contributed by atoms with Gasteiger partial charge in [-0.15, -0.1) is 0 Å². The molecule has 3 nitrogen and oxygen atoms in total. The van der Waals surface area contributed by atoms with E-state index in [2.05, 4.69) is 23.5 Å². The molecule has 0 spiro atoms. The first-order chi connectivity index (χ1) is 7.20. The average Bonchev–Trinajstić information content (AvgIpc) is 2.20. The van der Waals surface area contributed by atoms with Gasteiger partial charge in [0.25, 0.3) is 0 Å². The van der Waals surface area contributed by atoms with E-state index in [0.717, 1.165) is 12.6 Å². The second-order valence-electron chi connectivity index (χ2n) is 3.13. The van der Waals surface area contributed by atoms with Crippen LogP contribution in [-0.2, 0) is 4.79 Å². The number of carboxylic acid groups (broad SMARTS) is 1. The fourth-order valence-corrected chi connectivity index (χ4v) is 1.15. The smallest absolute Gasteiger partial charge is 0.327 e. The van der Waals surface area contributed by atoms with Crippen LogP contribution in [-0.4, -0.2) is 24.7 Å². The van der Waals surface area contributed by atoms with E-state index in [-0.39, 0.29) is 0 Å². The molecule has 0 fully saturated rings. The highest BCUT2D eigenvalue weighted by Crippen LogP contribution is 2.07. The standard InChI is InChI=1S/C8H13N.C4H6O2/c1-9-7-8-5-3-2-4-6-8;1-2-3-4(5)6/h3,5-6,9H,2,4,7H2,1H3;2-3H,1H3,(H,5,6)/b;3-2+. The highest BCUT2D eigenvalue weighted by molar-refractivity contribution is 5.79. The molecule has 0 bridgehead atoms. The zero-order chi connectivity index (χ0) is 11.5. The van der Waals surface area contributed by atoms with Crippen molar-refractivity contribution in [3.63, 3.8) is 0 Å². The Morgan fingerprint density at radius 2 is 2.33 bits per heavy atom. The number of hydrogen-bond acceptors (Lipinski definition) is 2. The van der Waals surface area contributed by atoms with E-state index in [0.29, 0.717) is 0 Å². The molecule has 84 valence electrons. The van der Waals surface area contributed by atoms with Gasteiger partial charge in [0.2, 0.25) is 0 Å². The van der Waals surface area contributed by atoms with Crippen molar-refractivity contribution in [2.45, 2.75) is 19.8 Å². The Morgan fingerprint density at radius 3 is 2.67 bits per heavy atom. The van der Waals surface area contributed by atoms with Crippen molar-refractivity contribution in [1.82, 2.24) is 5.32 Å². The molecule has 1 aliphatic rings. The molecule has 0 aromatic carbocycles. The molecule has 1 aliphatic carbocycles. The number of nitrogens with one attached hydrogen (secondary N) is 1. The van der Waals surface area contributed by atoms with Crippen molar-refractivity contribution in [3.8, 4) is 0 Å². The number of carbonyl (C=O) groups is 1. The molecule has 0 unspecified atom stereocenters. The molecule has 0 aromatic rings. The molecular formula is C12H19NO2. The van der Waals surface area contributed by atoms with Crippen LogP contribution >= 0.6 is 0 Å². The monoisotopic (exact) mass is 209 g/mol.